The molecule has 0 heterocycles. The number of halogens is 2. The lowest BCUT2D eigenvalue weighted by Gasteiger charge is -2.60. The average Bonchev–Trinajstić information content (AvgIpc) is 2.78. The maximum Gasteiger partial charge on any atom is 0.381 e. The number of ether oxygens (including phenoxy) is 3. The van der Waals surface area contributed by atoms with Gasteiger partial charge in [-0.3, -0.25) is 0 Å². The van der Waals surface area contributed by atoms with Gasteiger partial charge in [0.15, 0.2) is 6.10 Å². The van der Waals surface area contributed by atoms with Crippen LogP contribution in [-0.2, 0) is 28.6 Å². The molecule has 4 saturated carbocycles. The van der Waals surface area contributed by atoms with Gasteiger partial charge in [0.1, 0.15) is 11.2 Å². The second-order valence-corrected chi connectivity index (χ2v) is 12.0. The van der Waals surface area contributed by atoms with Crippen molar-refractivity contribution in [1.82, 2.24) is 0 Å². The standard InChI is InChI=1S/C16H24O2.C13H20F2O4/c1-4-16(18-15(17)10(2)3)13-6-11-5-12(8-13)9-14(16)7-11;1-7-9(18-10(16)8(2)3)13(14,15)11(17)19-12(4,5)6/h11-14H,2,4-9H2,1,3H3;9H,2,7H2,1,3-6H3. The first-order valence-electron chi connectivity index (χ1n) is 13.3. The van der Waals surface area contributed by atoms with Crippen LogP contribution in [-0.4, -0.2) is 41.1 Å². The topological polar surface area (TPSA) is 78.9 Å². The quantitative estimate of drug-likeness (QED) is 0.202. The Balaban J connectivity index is 0.000000260. The summed E-state index contributed by atoms with van der Waals surface area (Å²) in [6.07, 6.45) is 5.45. The van der Waals surface area contributed by atoms with Gasteiger partial charge in [-0.05, 0) is 103 Å². The van der Waals surface area contributed by atoms with E-state index in [0.29, 0.717) is 17.4 Å². The predicted molar refractivity (Wildman–Crippen MR) is 137 cm³/mol. The molecule has 1 unspecified atom stereocenters. The summed E-state index contributed by atoms with van der Waals surface area (Å²) in [5.74, 6) is -3.69. The van der Waals surface area contributed by atoms with Crippen LogP contribution >= 0.6 is 0 Å². The van der Waals surface area contributed by atoms with Crippen LogP contribution in [0, 0.1) is 23.7 Å². The summed E-state index contributed by atoms with van der Waals surface area (Å²) in [6.45, 7) is 18.1. The molecule has 4 aliphatic rings. The van der Waals surface area contributed by atoms with Gasteiger partial charge in [0.05, 0.1) is 0 Å². The Morgan fingerprint density at radius 2 is 1.35 bits per heavy atom. The van der Waals surface area contributed by atoms with Gasteiger partial charge in [0, 0.05) is 11.1 Å². The van der Waals surface area contributed by atoms with Crippen LogP contribution in [0.2, 0.25) is 0 Å². The van der Waals surface area contributed by atoms with Crippen molar-refractivity contribution in [2.45, 2.75) is 117 Å². The van der Waals surface area contributed by atoms with Crippen molar-refractivity contribution in [3.05, 3.63) is 24.3 Å². The van der Waals surface area contributed by atoms with Crippen molar-refractivity contribution < 1.29 is 37.4 Å². The van der Waals surface area contributed by atoms with Crippen LogP contribution in [0.1, 0.15) is 93.4 Å². The zero-order valence-corrected chi connectivity index (χ0v) is 23.5. The highest BCUT2D eigenvalue weighted by Gasteiger charge is 2.58. The summed E-state index contributed by atoms with van der Waals surface area (Å²) in [4.78, 5) is 34.7. The lowest BCUT2D eigenvalue weighted by atomic mass is 9.49. The summed E-state index contributed by atoms with van der Waals surface area (Å²) < 4.78 is 42.9. The highest BCUT2D eigenvalue weighted by Crippen LogP contribution is 2.60. The zero-order chi connectivity index (χ0) is 28.3. The van der Waals surface area contributed by atoms with Gasteiger partial charge in [-0.15, -0.1) is 0 Å². The summed E-state index contributed by atoms with van der Waals surface area (Å²) in [5, 5.41) is 0. The Hall–Kier alpha value is -2.25. The Kier molecular flexibility index (Phi) is 9.75. The van der Waals surface area contributed by atoms with Gasteiger partial charge >= 0.3 is 23.8 Å². The molecule has 1 atom stereocenters. The molecule has 0 aromatic heterocycles. The van der Waals surface area contributed by atoms with E-state index in [2.05, 4.69) is 29.6 Å². The van der Waals surface area contributed by atoms with E-state index in [1.54, 1.807) is 6.92 Å². The fourth-order valence-corrected chi connectivity index (χ4v) is 6.18. The van der Waals surface area contributed by atoms with Gasteiger partial charge in [0.25, 0.3) is 0 Å². The van der Waals surface area contributed by atoms with Gasteiger partial charge in [-0.2, -0.15) is 8.78 Å². The molecule has 0 aliphatic heterocycles. The third kappa shape index (κ3) is 7.20. The van der Waals surface area contributed by atoms with Gasteiger partial charge < -0.3 is 14.2 Å². The second kappa shape index (κ2) is 11.6. The molecule has 37 heavy (non-hydrogen) atoms. The minimum absolute atomic E-state index is 0.0153. The molecule has 0 spiro atoms. The molecular formula is C29H44F2O6. The molecule has 4 fully saturated rings. The van der Waals surface area contributed by atoms with E-state index in [0.717, 1.165) is 18.3 Å². The fraction of sp³-hybridized carbons (Fsp3) is 0.759. The molecule has 0 N–H and O–H groups in total. The number of carbonyl (C=O) groups is 3. The normalized spacial score (nSPS) is 28.9. The molecule has 0 radical (unpaired) electrons. The molecule has 0 aromatic carbocycles. The van der Waals surface area contributed by atoms with E-state index >= 15 is 0 Å². The van der Waals surface area contributed by atoms with Crippen molar-refractivity contribution >= 4 is 17.9 Å². The second-order valence-electron chi connectivity index (χ2n) is 12.0. The molecule has 4 bridgehead atoms. The number of carbonyl (C=O) groups excluding carboxylic acids is 3. The Morgan fingerprint density at radius 3 is 1.70 bits per heavy atom. The van der Waals surface area contributed by atoms with E-state index in [1.807, 2.05) is 0 Å². The largest absolute Gasteiger partial charge is 0.455 e. The van der Waals surface area contributed by atoms with E-state index in [-0.39, 0.29) is 23.6 Å². The van der Waals surface area contributed by atoms with Crippen LogP contribution < -0.4 is 0 Å². The van der Waals surface area contributed by atoms with Gasteiger partial charge in [-0.25, -0.2) is 14.4 Å². The van der Waals surface area contributed by atoms with Gasteiger partial charge in [-0.1, -0.05) is 27.0 Å². The SMILES string of the molecule is C=C(C)C(=O)OC(CC)C(F)(F)C(=O)OC(C)(C)C.C=C(C)C(=O)OC1(CC)C2CC3CC(C2)CC1C3. The first kappa shape index (κ1) is 31.0. The summed E-state index contributed by atoms with van der Waals surface area (Å²) in [6, 6.07) is 0. The van der Waals surface area contributed by atoms with Gasteiger partial charge in [0.2, 0.25) is 0 Å². The minimum Gasteiger partial charge on any atom is -0.455 e. The molecule has 210 valence electrons. The van der Waals surface area contributed by atoms with Crippen LogP contribution in [0.15, 0.2) is 24.3 Å². The monoisotopic (exact) mass is 526 g/mol. The van der Waals surface area contributed by atoms with Crippen LogP contribution in [0.5, 0.6) is 0 Å². The molecule has 4 rings (SSSR count). The smallest absolute Gasteiger partial charge is 0.381 e. The maximum atomic E-state index is 13.9. The molecule has 0 aromatic rings. The third-order valence-corrected chi connectivity index (χ3v) is 7.75. The summed E-state index contributed by atoms with van der Waals surface area (Å²) >= 11 is 0. The molecule has 0 amide bonds. The molecule has 8 heteroatoms. The molecular weight excluding hydrogens is 482 g/mol. The van der Waals surface area contributed by atoms with E-state index in [4.69, 9.17) is 4.74 Å². The fourth-order valence-electron chi connectivity index (χ4n) is 6.18. The average molecular weight is 527 g/mol. The number of rotatable bonds is 8. The molecule has 0 saturated heterocycles. The van der Waals surface area contributed by atoms with Crippen LogP contribution in [0.4, 0.5) is 8.78 Å². The van der Waals surface area contributed by atoms with Crippen molar-refractivity contribution in [2.75, 3.05) is 0 Å². The number of hydrogen-bond donors (Lipinski definition) is 0. The van der Waals surface area contributed by atoms with Crippen molar-refractivity contribution in [2.24, 2.45) is 23.7 Å². The van der Waals surface area contributed by atoms with Crippen molar-refractivity contribution in [3.8, 4) is 0 Å². The van der Waals surface area contributed by atoms with Crippen molar-refractivity contribution in [1.29, 1.82) is 0 Å². The lowest BCUT2D eigenvalue weighted by molar-refractivity contribution is -0.207. The van der Waals surface area contributed by atoms with E-state index in [9.17, 15) is 23.2 Å². The zero-order valence-electron chi connectivity index (χ0n) is 23.5. The highest BCUT2D eigenvalue weighted by molar-refractivity contribution is 5.88. The minimum atomic E-state index is -3.90. The highest BCUT2D eigenvalue weighted by atomic mass is 19.3. The predicted octanol–water partition coefficient (Wildman–Crippen LogP) is 6.57. The van der Waals surface area contributed by atoms with E-state index < -0.39 is 29.6 Å². The number of hydrogen-bond acceptors (Lipinski definition) is 6. The van der Waals surface area contributed by atoms with Crippen molar-refractivity contribution in [3.63, 3.8) is 0 Å². The first-order chi connectivity index (χ1) is 17.0. The first-order valence-corrected chi connectivity index (χ1v) is 13.3. The summed E-state index contributed by atoms with van der Waals surface area (Å²) in [5.41, 5.74) is -0.685. The molecule has 4 aliphatic carbocycles. The Bertz CT molecular complexity index is 873. The van der Waals surface area contributed by atoms with E-state index in [1.165, 1.54) is 66.7 Å². The Labute approximate surface area is 220 Å². The Morgan fingerprint density at radius 1 is 0.892 bits per heavy atom. The van der Waals surface area contributed by atoms with Crippen LogP contribution in [0.25, 0.3) is 0 Å². The summed E-state index contributed by atoms with van der Waals surface area (Å²) in [7, 11) is 0. The lowest BCUT2D eigenvalue weighted by Crippen LogP contribution is -2.59. The number of esters is 3. The number of alkyl halides is 2. The molecule has 6 nitrogen and oxygen atoms in total. The van der Waals surface area contributed by atoms with Crippen LogP contribution in [0.3, 0.4) is 0 Å². The third-order valence-electron chi connectivity index (χ3n) is 7.75. The maximum absolute atomic E-state index is 13.9.